The van der Waals surface area contributed by atoms with Gasteiger partial charge in [-0.05, 0) is 30.3 Å². The summed E-state index contributed by atoms with van der Waals surface area (Å²) in [6.07, 6.45) is 0. The van der Waals surface area contributed by atoms with Crippen molar-refractivity contribution in [1.29, 1.82) is 5.26 Å². The molecule has 2 amide bonds. The molecule has 0 atom stereocenters. The molecule has 0 aromatic heterocycles. The summed E-state index contributed by atoms with van der Waals surface area (Å²) in [6.45, 7) is -0.565. The molecular weight excluding hydrogens is 310 g/mol. The number of esters is 1. The molecule has 2 N–H and O–H groups in total. The molecule has 24 heavy (non-hydrogen) atoms. The first-order valence-electron chi connectivity index (χ1n) is 6.91. The maximum Gasteiger partial charge on any atom is 0.338 e. The van der Waals surface area contributed by atoms with Crippen LogP contribution in [0.15, 0.2) is 54.6 Å². The Bertz CT molecular complexity index is 797. The van der Waals surface area contributed by atoms with E-state index in [1.165, 1.54) is 18.2 Å². The summed E-state index contributed by atoms with van der Waals surface area (Å²) >= 11 is 0. The second kappa shape index (κ2) is 8.10. The fraction of sp³-hybridized carbons (Fsp3) is 0.0588. The number of nitriles is 1. The molecule has 120 valence electrons. The number of carbonyl (C=O) groups excluding carboxylic acids is 3. The van der Waals surface area contributed by atoms with Crippen LogP contribution in [0.4, 0.5) is 0 Å². The Kier molecular flexibility index (Phi) is 5.64. The Morgan fingerprint density at radius 1 is 0.958 bits per heavy atom. The summed E-state index contributed by atoms with van der Waals surface area (Å²) in [5, 5.41) is 8.77. The molecule has 0 aliphatic heterocycles. The van der Waals surface area contributed by atoms with Crippen LogP contribution in [0.5, 0.6) is 0 Å². The largest absolute Gasteiger partial charge is 0.452 e. The van der Waals surface area contributed by atoms with Crippen LogP contribution in [-0.2, 0) is 9.53 Å². The van der Waals surface area contributed by atoms with Crippen molar-refractivity contribution in [1.82, 2.24) is 10.9 Å². The van der Waals surface area contributed by atoms with Crippen LogP contribution in [-0.4, -0.2) is 24.4 Å². The van der Waals surface area contributed by atoms with Gasteiger partial charge in [-0.15, -0.1) is 0 Å². The van der Waals surface area contributed by atoms with Gasteiger partial charge in [0.15, 0.2) is 6.61 Å². The summed E-state index contributed by atoms with van der Waals surface area (Å²) in [4.78, 5) is 35.1. The van der Waals surface area contributed by atoms with E-state index in [2.05, 4.69) is 10.9 Å². The predicted octanol–water partition coefficient (Wildman–Crippen LogP) is 1.18. The average Bonchev–Trinajstić information content (AvgIpc) is 2.64. The molecular formula is C17H13N3O4. The Balaban J connectivity index is 1.79. The van der Waals surface area contributed by atoms with Crippen LogP contribution in [0.2, 0.25) is 0 Å². The van der Waals surface area contributed by atoms with E-state index in [0.29, 0.717) is 11.1 Å². The molecule has 0 radical (unpaired) electrons. The lowest BCUT2D eigenvalue weighted by Gasteiger charge is -2.08. The lowest BCUT2D eigenvalue weighted by atomic mass is 10.1. The molecule has 0 aliphatic rings. The second-order valence-electron chi connectivity index (χ2n) is 4.64. The van der Waals surface area contributed by atoms with Gasteiger partial charge in [-0.3, -0.25) is 20.4 Å². The van der Waals surface area contributed by atoms with Crippen LogP contribution in [0.3, 0.4) is 0 Å². The maximum absolute atomic E-state index is 11.8. The zero-order valence-corrected chi connectivity index (χ0v) is 12.5. The van der Waals surface area contributed by atoms with Crippen molar-refractivity contribution < 1.29 is 19.1 Å². The van der Waals surface area contributed by atoms with Crippen molar-refractivity contribution in [3.8, 4) is 6.07 Å². The first kappa shape index (κ1) is 16.7. The van der Waals surface area contributed by atoms with Crippen LogP contribution < -0.4 is 10.9 Å². The molecule has 7 nitrogen and oxygen atoms in total. The SMILES string of the molecule is N#Cc1cccc(C(=O)OCC(=O)NNC(=O)c2ccccc2)c1. The molecule has 0 fully saturated rings. The van der Waals surface area contributed by atoms with Gasteiger partial charge >= 0.3 is 5.97 Å². The van der Waals surface area contributed by atoms with Gasteiger partial charge in [0.05, 0.1) is 17.2 Å². The van der Waals surface area contributed by atoms with Crippen LogP contribution in [0, 0.1) is 11.3 Å². The van der Waals surface area contributed by atoms with E-state index in [1.54, 1.807) is 36.4 Å². The quantitative estimate of drug-likeness (QED) is 0.649. The highest BCUT2D eigenvalue weighted by Crippen LogP contribution is 2.05. The third-order valence-electron chi connectivity index (χ3n) is 2.91. The normalized spacial score (nSPS) is 9.46. The van der Waals surface area contributed by atoms with Gasteiger partial charge in [-0.1, -0.05) is 24.3 Å². The number of hydrazine groups is 1. The summed E-state index contributed by atoms with van der Waals surface area (Å²) in [5.74, 6) is -1.92. The number of hydrogen-bond acceptors (Lipinski definition) is 5. The minimum Gasteiger partial charge on any atom is -0.452 e. The number of ether oxygens (including phenoxy) is 1. The number of carbonyl (C=O) groups is 3. The predicted molar refractivity (Wildman–Crippen MR) is 83.5 cm³/mol. The number of nitrogens with one attached hydrogen (secondary N) is 2. The van der Waals surface area contributed by atoms with Gasteiger partial charge in [0.2, 0.25) is 0 Å². The van der Waals surface area contributed by atoms with Crippen LogP contribution in [0.25, 0.3) is 0 Å². The van der Waals surface area contributed by atoms with Gasteiger partial charge in [-0.25, -0.2) is 4.79 Å². The molecule has 2 aromatic rings. The van der Waals surface area contributed by atoms with Crippen molar-refractivity contribution in [2.45, 2.75) is 0 Å². The zero-order chi connectivity index (χ0) is 17.4. The summed E-state index contributed by atoms with van der Waals surface area (Å²) in [6, 6.07) is 16.1. The van der Waals surface area contributed by atoms with E-state index in [4.69, 9.17) is 10.00 Å². The molecule has 0 saturated carbocycles. The highest BCUT2D eigenvalue weighted by atomic mass is 16.5. The smallest absolute Gasteiger partial charge is 0.338 e. The van der Waals surface area contributed by atoms with Crippen molar-refractivity contribution in [3.63, 3.8) is 0 Å². The molecule has 0 bridgehead atoms. The fourth-order valence-electron chi connectivity index (χ4n) is 1.75. The lowest BCUT2D eigenvalue weighted by Crippen LogP contribution is -2.43. The van der Waals surface area contributed by atoms with E-state index in [-0.39, 0.29) is 5.56 Å². The van der Waals surface area contributed by atoms with E-state index in [9.17, 15) is 14.4 Å². The second-order valence-corrected chi connectivity index (χ2v) is 4.64. The Labute approximate surface area is 137 Å². The van der Waals surface area contributed by atoms with Crippen LogP contribution >= 0.6 is 0 Å². The zero-order valence-electron chi connectivity index (χ0n) is 12.5. The highest BCUT2D eigenvalue weighted by molar-refractivity contribution is 5.96. The van der Waals surface area contributed by atoms with Crippen molar-refractivity contribution >= 4 is 17.8 Å². The van der Waals surface area contributed by atoms with E-state index < -0.39 is 24.4 Å². The Hall–Kier alpha value is -3.66. The molecule has 0 unspecified atom stereocenters. The maximum atomic E-state index is 11.8. The summed E-state index contributed by atoms with van der Waals surface area (Å²) < 4.78 is 4.82. The fourth-order valence-corrected chi connectivity index (χ4v) is 1.75. The van der Waals surface area contributed by atoms with Gasteiger partial charge in [0, 0.05) is 5.56 Å². The number of benzene rings is 2. The first-order chi connectivity index (χ1) is 11.6. The van der Waals surface area contributed by atoms with Crippen molar-refractivity contribution in [2.75, 3.05) is 6.61 Å². The Morgan fingerprint density at radius 3 is 2.38 bits per heavy atom. The van der Waals surface area contributed by atoms with E-state index in [1.807, 2.05) is 6.07 Å². The topological polar surface area (TPSA) is 108 Å². The van der Waals surface area contributed by atoms with Gasteiger partial charge < -0.3 is 4.74 Å². The van der Waals surface area contributed by atoms with Gasteiger partial charge in [0.1, 0.15) is 0 Å². The minimum absolute atomic E-state index is 0.162. The molecule has 0 aliphatic carbocycles. The van der Waals surface area contributed by atoms with Crippen molar-refractivity contribution in [2.24, 2.45) is 0 Å². The summed E-state index contributed by atoms with van der Waals surface area (Å²) in [7, 11) is 0. The molecule has 0 spiro atoms. The van der Waals surface area contributed by atoms with E-state index >= 15 is 0 Å². The third-order valence-corrected chi connectivity index (χ3v) is 2.91. The van der Waals surface area contributed by atoms with Gasteiger partial charge in [0.25, 0.3) is 11.8 Å². The lowest BCUT2D eigenvalue weighted by molar-refractivity contribution is -0.125. The molecule has 0 saturated heterocycles. The number of rotatable bonds is 4. The van der Waals surface area contributed by atoms with Gasteiger partial charge in [-0.2, -0.15) is 5.26 Å². The molecule has 7 heteroatoms. The molecule has 2 aromatic carbocycles. The highest BCUT2D eigenvalue weighted by Gasteiger charge is 2.11. The third kappa shape index (κ3) is 4.68. The van der Waals surface area contributed by atoms with Crippen LogP contribution in [0.1, 0.15) is 26.3 Å². The number of nitrogens with zero attached hydrogens (tertiary/aromatic N) is 1. The molecule has 0 heterocycles. The molecule has 2 rings (SSSR count). The monoisotopic (exact) mass is 323 g/mol. The van der Waals surface area contributed by atoms with E-state index in [0.717, 1.165) is 0 Å². The van der Waals surface area contributed by atoms with Crippen molar-refractivity contribution in [3.05, 3.63) is 71.3 Å². The number of amides is 2. The first-order valence-corrected chi connectivity index (χ1v) is 6.91. The Morgan fingerprint density at radius 2 is 1.67 bits per heavy atom. The standard InChI is InChI=1S/C17H13N3O4/c18-10-12-5-4-8-14(9-12)17(23)24-11-15(21)19-20-16(22)13-6-2-1-3-7-13/h1-9H,11H2,(H,19,21)(H,20,22). The number of hydrogen-bond donors (Lipinski definition) is 2. The average molecular weight is 323 g/mol. The minimum atomic E-state index is -0.739. The summed E-state index contributed by atoms with van der Waals surface area (Å²) in [5.41, 5.74) is 5.20.